The maximum atomic E-state index is 2.81. The highest BCUT2D eigenvalue weighted by Gasteiger charge is 2.48. The Morgan fingerprint density at radius 3 is 1.85 bits per heavy atom. The second-order valence-corrected chi connectivity index (χ2v) is 11.8. The first-order chi connectivity index (χ1) is 12.8. The van der Waals surface area contributed by atoms with Gasteiger partial charge in [0.05, 0.1) is 0 Å². The first-order valence-corrected chi connectivity index (χ1v) is 12.0. The molecule has 1 spiro atoms. The highest BCUT2D eigenvalue weighted by atomic mass is 15.2. The molecule has 3 saturated heterocycles. The van der Waals surface area contributed by atoms with Gasteiger partial charge in [0.2, 0.25) is 0 Å². The third-order valence-electron chi connectivity index (χ3n) is 8.51. The van der Waals surface area contributed by atoms with Gasteiger partial charge in [-0.05, 0) is 99.8 Å². The lowest BCUT2D eigenvalue weighted by atomic mass is 9.70. The number of rotatable bonds is 7. The molecule has 3 aliphatic heterocycles. The molecule has 0 aromatic rings. The van der Waals surface area contributed by atoms with E-state index in [0.717, 1.165) is 5.92 Å². The van der Waals surface area contributed by atoms with Gasteiger partial charge in [0.1, 0.15) is 0 Å². The minimum absolute atomic E-state index is 0.566. The van der Waals surface area contributed by atoms with Gasteiger partial charge in [-0.1, -0.05) is 27.7 Å². The molecular weight excluding hydrogens is 330 g/mol. The van der Waals surface area contributed by atoms with Gasteiger partial charge in [0, 0.05) is 26.2 Å². The van der Waals surface area contributed by atoms with Crippen molar-refractivity contribution in [3.8, 4) is 0 Å². The zero-order valence-corrected chi connectivity index (χ0v) is 18.7. The predicted octanol–water partition coefficient (Wildman–Crippen LogP) is 4.33. The van der Waals surface area contributed by atoms with E-state index in [0.29, 0.717) is 16.2 Å². The summed E-state index contributed by atoms with van der Waals surface area (Å²) in [7, 11) is 0. The summed E-state index contributed by atoms with van der Waals surface area (Å²) in [5.74, 6) is 0.866. The van der Waals surface area contributed by atoms with Crippen LogP contribution in [-0.4, -0.2) is 73.6 Å². The molecule has 0 bridgehead atoms. The molecule has 0 amide bonds. The van der Waals surface area contributed by atoms with Gasteiger partial charge in [-0.15, -0.1) is 0 Å². The molecule has 3 heterocycles. The fourth-order valence-corrected chi connectivity index (χ4v) is 6.57. The topological polar surface area (TPSA) is 9.72 Å². The van der Waals surface area contributed by atoms with Crippen LogP contribution in [0.3, 0.4) is 0 Å². The van der Waals surface area contributed by atoms with Crippen molar-refractivity contribution in [2.75, 3.05) is 58.9 Å². The van der Waals surface area contributed by atoms with Crippen molar-refractivity contribution in [3.05, 3.63) is 0 Å². The van der Waals surface area contributed by atoms with Gasteiger partial charge in [-0.25, -0.2) is 0 Å². The highest BCUT2D eigenvalue weighted by molar-refractivity contribution is 5.01. The average Bonchev–Trinajstić information content (AvgIpc) is 3.35. The largest absolute Gasteiger partial charge is 0.304 e. The van der Waals surface area contributed by atoms with E-state index >= 15 is 0 Å². The SMILES string of the molecule is CCN1CCC2(CC1)CN(CC1(C)CCN(CC3(CC(C)C)CC3)CC1)C2. The van der Waals surface area contributed by atoms with Gasteiger partial charge in [0.25, 0.3) is 0 Å². The molecule has 3 heteroatoms. The first kappa shape index (κ1) is 20.2. The summed E-state index contributed by atoms with van der Waals surface area (Å²) in [5, 5.41) is 0. The molecule has 0 radical (unpaired) electrons. The fourth-order valence-electron chi connectivity index (χ4n) is 6.57. The van der Waals surface area contributed by atoms with Gasteiger partial charge < -0.3 is 14.7 Å². The van der Waals surface area contributed by atoms with E-state index < -0.39 is 0 Å². The smallest absolute Gasteiger partial charge is 0.00517 e. The fraction of sp³-hybridized carbons (Fsp3) is 1.00. The second-order valence-electron chi connectivity index (χ2n) is 11.8. The Bertz CT molecular complexity index is 486. The van der Waals surface area contributed by atoms with E-state index in [2.05, 4.69) is 42.4 Å². The Morgan fingerprint density at radius 2 is 1.33 bits per heavy atom. The standard InChI is InChI=1S/C24H45N3/c1-5-25-14-10-24(11-15-25)19-27(20-24)17-22(4)8-12-26(13-9-22)18-23(6-7-23)16-21(2)3/h21H,5-20H2,1-4H3. The van der Waals surface area contributed by atoms with Crippen molar-refractivity contribution < 1.29 is 0 Å². The number of piperidine rings is 2. The first-order valence-electron chi connectivity index (χ1n) is 12.0. The van der Waals surface area contributed by atoms with Crippen molar-refractivity contribution in [2.24, 2.45) is 22.2 Å². The van der Waals surface area contributed by atoms with E-state index in [1.807, 2.05) is 0 Å². The lowest BCUT2D eigenvalue weighted by Crippen LogP contribution is -2.62. The Kier molecular flexibility index (Phi) is 5.68. The molecule has 4 rings (SSSR count). The van der Waals surface area contributed by atoms with Crippen molar-refractivity contribution in [1.82, 2.24) is 14.7 Å². The third kappa shape index (κ3) is 4.73. The predicted molar refractivity (Wildman–Crippen MR) is 115 cm³/mol. The molecule has 156 valence electrons. The molecule has 1 saturated carbocycles. The zero-order valence-electron chi connectivity index (χ0n) is 18.7. The van der Waals surface area contributed by atoms with E-state index in [9.17, 15) is 0 Å². The summed E-state index contributed by atoms with van der Waals surface area (Å²) in [5.41, 5.74) is 1.97. The van der Waals surface area contributed by atoms with Crippen LogP contribution < -0.4 is 0 Å². The maximum absolute atomic E-state index is 2.81. The third-order valence-corrected chi connectivity index (χ3v) is 8.51. The van der Waals surface area contributed by atoms with Gasteiger partial charge >= 0.3 is 0 Å². The van der Waals surface area contributed by atoms with E-state index in [1.54, 1.807) is 0 Å². The van der Waals surface area contributed by atoms with Crippen molar-refractivity contribution >= 4 is 0 Å². The lowest BCUT2D eigenvalue weighted by molar-refractivity contribution is -0.0707. The Morgan fingerprint density at radius 1 is 0.741 bits per heavy atom. The number of nitrogens with zero attached hydrogens (tertiary/aromatic N) is 3. The van der Waals surface area contributed by atoms with E-state index in [1.165, 1.54) is 104 Å². The molecule has 1 aliphatic carbocycles. The minimum Gasteiger partial charge on any atom is -0.304 e. The summed E-state index contributed by atoms with van der Waals surface area (Å²) in [6.45, 7) is 21.8. The Labute approximate surface area is 168 Å². The van der Waals surface area contributed by atoms with Crippen LogP contribution in [0.15, 0.2) is 0 Å². The van der Waals surface area contributed by atoms with Crippen LogP contribution in [-0.2, 0) is 0 Å². The number of hydrogen-bond donors (Lipinski definition) is 0. The van der Waals surface area contributed by atoms with Crippen LogP contribution in [0.2, 0.25) is 0 Å². The van der Waals surface area contributed by atoms with Crippen LogP contribution in [0, 0.1) is 22.2 Å². The van der Waals surface area contributed by atoms with Crippen molar-refractivity contribution in [1.29, 1.82) is 0 Å². The van der Waals surface area contributed by atoms with E-state index in [-0.39, 0.29) is 0 Å². The molecule has 4 fully saturated rings. The molecular formula is C24H45N3. The number of hydrogen-bond acceptors (Lipinski definition) is 3. The van der Waals surface area contributed by atoms with Crippen molar-refractivity contribution in [3.63, 3.8) is 0 Å². The van der Waals surface area contributed by atoms with Gasteiger partial charge in [-0.2, -0.15) is 0 Å². The van der Waals surface area contributed by atoms with Gasteiger partial charge in [0.15, 0.2) is 0 Å². The number of likely N-dealkylation sites (tertiary alicyclic amines) is 3. The lowest BCUT2D eigenvalue weighted by Gasteiger charge is -2.56. The monoisotopic (exact) mass is 375 g/mol. The van der Waals surface area contributed by atoms with Crippen LogP contribution in [0.5, 0.6) is 0 Å². The molecule has 4 aliphatic rings. The normalized spacial score (nSPS) is 30.6. The van der Waals surface area contributed by atoms with Crippen LogP contribution in [0.1, 0.15) is 72.6 Å². The molecule has 3 nitrogen and oxygen atoms in total. The van der Waals surface area contributed by atoms with E-state index in [4.69, 9.17) is 0 Å². The Balaban J connectivity index is 1.18. The molecule has 0 unspecified atom stereocenters. The Hall–Kier alpha value is -0.120. The summed E-state index contributed by atoms with van der Waals surface area (Å²) in [4.78, 5) is 8.25. The quantitative estimate of drug-likeness (QED) is 0.656. The molecule has 0 N–H and O–H groups in total. The maximum Gasteiger partial charge on any atom is 0.00517 e. The summed E-state index contributed by atoms with van der Waals surface area (Å²) in [6.07, 6.45) is 10.1. The molecule has 0 atom stereocenters. The van der Waals surface area contributed by atoms with Crippen LogP contribution >= 0.6 is 0 Å². The van der Waals surface area contributed by atoms with Crippen LogP contribution in [0.25, 0.3) is 0 Å². The average molecular weight is 376 g/mol. The molecule has 0 aromatic heterocycles. The van der Waals surface area contributed by atoms with Gasteiger partial charge in [-0.3, -0.25) is 0 Å². The zero-order chi connectivity index (χ0) is 19.1. The molecule has 27 heavy (non-hydrogen) atoms. The summed E-state index contributed by atoms with van der Waals surface area (Å²) < 4.78 is 0. The highest BCUT2D eigenvalue weighted by Crippen LogP contribution is 2.52. The summed E-state index contributed by atoms with van der Waals surface area (Å²) >= 11 is 0. The second kappa shape index (κ2) is 7.61. The van der Waals surface area contributed by atoms with Crippen molar-refractivity contribution in [2.45, 2.75) is 72.6 Å². The minimum atomic E-state index is 0.566. The summed E-state index contributed by atoms with van der Waals surface area (Å²) in [6, 6.07) is 0. The van der Waals surface area contributed by atoms with Crippen LogP contribution in [0.4, 0.5) is 0 Å². The molecule has 0 aromatic carbocycles.